The predicted octanol–water partition coefficient (Wildman–Crippen LogP) is 2.61. The normalized spacial score (nSPS) is 16.8. The second kappa shape index (κ2) is 6.74. The van der Waals surface area contributed by atoms with E-state index in [1.807, 2.05) is 0 Å². The summed E-state index contributed by atoms with van der Waals surface area (Å²) < 4.78 is 22.5. The first kappa shape index (κ1) is 16.9. The van der Waals surface area contributed by atoms with Gasteiger partial charge in [-0.05, 0) is 32.6 Å². The number of rotatable bonds is 8. The van der Waals surface area contributed by atoms with E-state index >= 15 is 0 Å². The molecule has 0 rings (SSSR count). The van der Waals surface area contributed by atoms with Crippen molar-refractivity contribution in [3.63, 3.8) is 0 Å². The van der Waals surface area contributed by atoms with Crippen molar-refractivity contribution in [1.82, 2.24) is 5.32 Å². The van der Waals surface area contributed by atoms with E-state index in [1.165, 1.54) is 12.7 Å². The highest BCUT2D eigenvalue weighted by Crippen LogP contribution is 2.16. The summed E-state index contributed by atoms with van der Waals surface area (Å²) in [5, 5.41) is 3.40. The van der Waals surface area contributed by atoms with Crippen LogP contribution in [-0.2, 0) is 9.84 Å². The van der Waals surface area contributed by atoms with Gasteiger partial charge < -0.3 is 5.32 Å². The Kier molecular flexibility index (Phi) is 6.70. The van der Waals surface area contributed by atoms with Crippen LogP contribution in [0.2, 0.25) is 0 Å². The highest BCUT2D eigenvalue weighted by atomic mass is 32.2. The molecule has 3 nitrogen and oxygen atoms in total. The van der Waals surface area contributed by atoms with Gasteiger partial charge >= 0.3 is 0 Å². The first-order chi connectivity index (χ1) is 7.64. The minimum Gasteiger partial charge on any atom is -0.312 e. The van der Waals surface area contributed by atoms with Crippen LogP contribution in [0.3, 0.4) is 0 Å². The summed E-state index contributed by atoms with van der Waals surface area (Å²) in [6.07, 6.45) is 4.65. The average Bonchev–Trinajstić information content (AvgIpc) is 2.22. The van der Waals surface area contributed by atoms with Gasteiger partial charge in [0, 0.05) is 18.8 Å². The molecule has 0 bridgehead atoms. The monoisotopic (exact) mass is 263 g/mol. The van der Waals surface area contributed by atoms with E-state index in [9.17, 15) is 8.42 Å². The fourth-order valence-corrected chi connectivity index (χ4v) is 1.91. The van der Waals surface area contributed by atoms with E-state index in [1.54, 1.807) is 13.8 Å². The Hall–Kier alpha value is -0.0900. The van der Waals surface area contributed by atoms with Gasteiger partial charge in [0.1, 0.15) is 0 Å². The Morgan fingerprint density at radius 2 is 1.71 bits per heavy atom. The van der Waals surface area contributed by atoms with Gasteiger partial charge in [0.25, 0.3) is 0 Å². The lowest BCUT2D eigenvalue weighted by Crippen LogP contribution is -2.45. The molecular weight excluding hydrogens is 234 g/mol. The third kappa shape index (κ3) is 5.87. The minimum absolute atomic E-state index is 0.422. The summed E-state index contributed by atoms with van der Waals surface area (Å²) in [6, 6.07) is 0.422. The quantitative estimate of drug-likeness (QED) is 0.732. The molecule has 17 heavy (non-hydrogen) atoms. The number of sulfone groups is 1. The van der Waals surface area contributed by atoms with E-state index in [0.717, 1.165) is 12.8 Å². The van der Waals surface area contributed by atoms with Crippen molar-refractivity contribution in [2.45, 2.75) is 64.7 Å². The van der Waals surface area contributed by atoms with Crippen LogP contribution in [0, 0.1) is 5.92 Å². The number of hydrogen-bond donors (Lipinski definition) is 1. The van der Waals surface area contributed by atoms with Crippen LogP contribution in [-0.4, -0.2) is 32.0 Å². The van der Waals surface area contributed by atoms with Gasteiger partial charge in [-0.1, -0.05) is 27.2 Å². The Morgan fingerprint density at radius 1 is 1.18 bits per heavy atom. The third-order valence-corrected chi connectivity index (χ3v) is 5.85. The van der Waals surface area contributed by atoms with Crippen LogP contribution in [0.25, 0.3) is 0 Å². The molecule has 0 aliphatic heterocycles. The van der Waals surface area contributed by atoms with Crippen LogP contribution in [0.15, 0.2) is 0 Å². The van der Waals surface area contributed by atoms with E-state index in [-0.39, 0.29) is 0 Å². The molecule has 2 unspecified atom stereocenters. The molecule has 104 valence electrons. The predicted molar refractivity (Wildman–Crippen MR) is 75.1 cm³/mol. The highest BCUT2D eigenvalue weighted by Gasteiger charge is 2.30. The molecule has 0 spiro atoms. The smallest absolute Gasteiger partial charge is 0.153 e. The van der Waals surface area contributed by atoms with Crippen LogP contribution >= 0.6 is 0 Å². The second-order valence-corrected chi connectivity index (χ2v) is 8.42. The van der Waals surface area contributed by atoms with Gasteiger partial charge in [0.2, 0.25) is 0 Å². The molecule has 0 saturated heterocycles. The lowest BCUT2D eigenvalue weighted by atomic mass is 9.97. The molecule has 4 heteroatoms. The standard InChI is InChI=1S/C13H29NO2S/c1-7-11(3)9-12(8-2)14-10-13(4,5)17(6,15)16/h11-12,14H,7-10H2,1-6H3. The van der Waals surface area contributed by atoms with E-state index in [0.29, 0.717) is 18.5 Å². The van der Waals surface area contributed by atoms with Gasteiger partial charge in [-0.15, -0.1) is 0 Å². The fraction of sp³-hybridized carbons (Fsp3) is 1.00. The average molecular weight is 263 g/mol. The molecule has 0 heterocycles. The fourth-order valence-electron chi connectivity index (χ4n) is 1.57. The summed E-state index contributed by atoms with van der Waals surface area (Å²) in [4.78, 5) is 0. The zero-order chi connectivity index (χ0) is 13.7. The first-order valence-electron chi connectivity index (χ1n) is 6.57. The van der Waals surface area contributed by atoms with Crippen LogP contribution < -0.4 is 5.32 Å². The molecule has 0 fully saturated rings. The molecular formula is C13H29NO2S. The SMILES string of the molecule is CCC(C)CC(CC)NCC(C)(C)S(C)(=O)=O. The third-order valence-electron chi connectivity index (χ3n) is 3.70. The number of hydrogen-bond acceptors (Lipinski definition) is 3. The molecule has 0 saturated carbocycles. The van der Waals surface area contributed by atoms with E-state index < -0.39 is 14.6 Å². The number of nitrogens with one attached hydrogen (secondary N) is 1. The van der Waals surface area contributed by atoms with Gasteiger partial charge in [-0.3, -0.25) is 0 Å². The summed E-state index contributed by atoms with van der Waals surface area (Å²) >= 11 is 0. The summed E-state index contributed by atoms with van der Waals surface area (Å²) in [7, 11) is -3.00. The maximum atomic E-state index is 11.6. The topological polar surface area (TPSA) is 46.2 Å². The van der Waals surface area contributed by atoms with Crippen LogP contribution in [0.1, 0.15) is 53.9 Å². The molecule has 1 N–H and O–H groups in total. The Balaban J connectivity index is 4.33. The molecule has 2 atom stereocenters. The van der Waals surface area contributed by atoms with Gasteiger partial charge in [0.15, 0.2) is 9.84 Å². The second-order valence-electron chi connectivity index (χ2n) is 5.77. The van der Waals surface area contributed by atoms with Crippen molar-refractivity contribution < 1.29 is 8.42 Å². The molecule has 0 aromatic carbocycles. The molecule has 0 amide bonds. The van der Waals surface area contributed by atoms with Crippen molar-refractivity contribution in [1.29, 1.82) is 0 Å². The summed E-state index contributed by atoms with van der Waals surface area (Å²) in [5.74, 6) is 0.689. The van der Waals surface area contributed by atoms with Crippen molar-refractivity contribution in [2.24, 2.45) is 5.92 Å². The molecule has 0 aliphatic rings. The van der Waals surface area contributed by atoms with Crippen molar-refractivity contribution in [2.75, 3.05) is 12.8 Å². The van der Waals surface area contributed by atoms with Gasteiger partial charge in [-0.2, -0.15) is 0 Å². The van der Waals surface area contributed by atoms with Gasteiger partial charge in [0.05, 0.1) is 4.75 Å². The van der Waals surface area contributed by atoms with E-state index in [2.05, 4.69) is 26.1 Å². The van der Waals surface area contributed by atoms with Crippen LogP contribution in [0.4, 0.5) is 0 Å². The lowest BCUT2D eigenvalue weighted by Gasteiger charge is -2.27. The molecule has 0 radical (unpaired) electrons. The largest absolute Gasteiger partial charge is 0.312 e. The minimum atomic E-state index is -3.00. The maximum absolute atomic E-state index is 11.6. The summed E-state index contributed by atoms with van der Waals surface area (Å²) in [5.41, 5.74) is 0. The van der Waals surface area contributed by atoms with Gasteiger partial charge in [-0.25, -0.2) is 8.42 Å². The van der Waals surface area contributed by atoms with Crippen molar-refractivity contribution in [3.8, 4) is 0 Å². The maximum Gasteiger partial charge on any atom is 0.153 e. The Morgan fingerprint density at radius 3 is 2.06 bits per heavy atom. The Labute approximate surface area is 107 Å². The van der Waals surface area contributed by atoms with E-state index in [4.69, 9.17) is 0 Å². The molecule has 0 aliphatic carbocycles. The zero-order valence-corrected chi connectivity index (χ0v) is 13.0. The Bertz CT molecular complexity index is 309. The zero-order valence-electron chi connectivity index (χ0n) is 12.2. The summed E-state index contributed by atoms with van der Waals surface area (Å²) in [6.45, 7) is 10.7. The van der Waals surface area contributed by atoms with Crippen LogP contribution in [0.5, 0.6) is 0 Å². The molecule has 0 aromatic rings. The van der Waals surface area contributed by atoms with Crippen molar-refractivity contribution >= 4 is 9.84 Å². The lowest BCUT2D eigenvalue weighted by molar-refractivity contribution is 0.372. The van der Waals surface area contributed by atoms with Crippen molar-refractivity contribution in [3.05, 3.63) is 0 Å². The highest BCUT2D eigenvalue weighted by molar-refractivity contribution is 7.92. The first-order valence-corrected chi connectivity index (χ1v) is 8.46. The molecule has 0 aromatic heterocycles.